The van der Waals surface area contributed by atoms with E-state index in [0.29, 0.717) is 12.2 Å². The number of carbonyl (C=O) groups excluding carboxylic acids is 1. The number of hydrogen-bond acceptors (Lipinski definition) is 3. The summed E-state index contributed by atoms with van der Waals surface area (Å²) >= 11 is 0. The molecule has 0 N–H and O–H groups in total. The van der Waals surface area contributed by atoms with Gasteiger partial charge in [-0.3, -0.25) is 4.79 Å². The van der Waals surface area contributed by atoms with Crippen LogP contribution >= 0.6 is 0 Å². The van der Waals surface area contributed by atoms with E-state index < -0.39 is 0 Å². The lowest BCUT2D eigenvalue weighted by atomic mass is 9.78. The fraction of sp³-hybridized carbons (Fsp3) is 0.714. The van der Waals surface area contributed by atoms with Crippen molar-refractivity contribution in [1.82, 2.24) is 5.16 Å². The van der Waals surface area contributed by atoms with Crippen LogP contribution in [0, 0.1) is 19.3 Å². The first-order chi connectivity index (χ1) is 7.94. The van der Waals surface area contributed by atoms with Crippen LogP contribution in [0.3, 0.4) is 0 Å². The van der Waals surface area contributed by atoms with Gasteiger partial charge < -0.3 is 4.52 Å². The Morgan fingerprint density at radius 1 is 1.29 bits per heavy atom. The van der Waals surface area contributed by atoms with Gasteiger partial charge in [-0.2, -0.15) is 0 Å². The van der Waals surface area contributed by atoms with Crippen LogP contribution in [0.5, 0.6) is 0 Å². The Morgan fingerprint density at radius 3 is 2.29 bits per heavy atom. The molecule has 0 atom stereocenters. The Hall–Kier alpha value is -1.12. The molecular weight excluding hydrogens is 214 g/mol. The van der Waals surface area contributed by atoms with Crippen molar-refractivity contribution >= 4 is 5.78 Å². The number of Topliss-reactive ketones (excluding diaryl/α,β-unsaturated/α-hetero) is 1. The molecule has 0 aliphatic rings. The fourth-order valence-corrected chi connectivity index (χ4v) is 2.04. The van der Waals surface area contributed by atoms with Gasteiger partial charge >= 0.3 is 0 Å². The maximum Gasteiger partial charge on any atom is 0.139 e. The molecule has 0 unspecified atom stereocenters. The summed E-state index contributed by atoms with van der Waals surface area (Å²) in [5.74, 6) is 1.19. The third-order valence-electron chi connectivity index (χ3n) is 4.02. The highest BCUT2D eigenvalue weighted by molar-refractivity contribution is 5.84. The Balaban J connectivity index is 2.66. The van der Waals surface area contributed by atoms with Gasteiger partial charge in [0.15, 0.2) is 0 Å². The molecule has 0 radical (unpaired) electrons. The third-order valence-corrected chi connectivity index (χ3v) is 4.02. The van der Waals surface area contributed by atoms with Gasteiger partial charge in [0.2, 0.25) is 0 Å². The Kier molecular flexibility index (Phi) is 4.49. The molecule has 0 saturated heterocycles. The molecule has 0 aliphatic carbocycles. The largest absolute Gasteiger partial charge is 0.361 e. The van der Waals surface area contributed by atoms with Gasteiger partial charge in [0.05, 0.1) is 5.69 Å². The highest BCUT2D eigenvalue weighted by atomic mass is 16.5. The van der Waals surface area contributed by atoms with E-state index in [1.807, 2.05) is 13.8 Å². The van der Waals surface area contributed by atoms with E-state index in [0.717, 1.165) is 36.3 Å². The molecular formula is C14H23NO2. The number of ketones is 1. The van der Waals surface area contributed by atoms with Crippen molar-refractivity contribution in [2.45, 2.75) is 60.3 Å². The molecule has 0 amide bonds. The van der Waals surface area contributed by atoms with Gasteiger partial charge in [-0.15, -0.1) is 0 Å². The molecule has 0 saturated carbocycles. The van der Waals surface area contributed by atoms with E-state index in [2.05, 4.69) is 25.9 Å². The fourth-order valence-electron chi connectivity index (χ4n) is 2.04. The van der Waals surface area contributed by atoms with Crippen molar-refractivity contribution < 1.29 is 9.32 Å². The molecule has 0 bridgehead atoms. The van der Waals surface area contributed by atoms with Crippen molar-refractivity contribution in [3.05, 3.63) is 17.0 Å². The standard InChI is InChI=1S/C14H23NO2/c1-6-14(5,7-2)13(16)9-8-12-10(3)15-17-11(12)4/h6-9H2,1-5H3. The summed E-state index contributed by atoms with van der Waals surface area (Å²) in [6.45, 7) is 10.0. The monoisotopic (exact) mass is 237 g/mol. The Morgan fingerprint density at radius 2 is 1.88 bits per heavy atom. The lowest BCUT2D eigenvalue weighted by Crippen LogP contribution is -2.26. The molecule has 1 heterocycles. The SMILES string of the molecule is CCC(C)(CC)C(=O)CCc1c(C)noc1C. The number of nitrogens with zero attached hydrogens (tertiary/aromatic N) is 1. The minimum Gasteiger partial charge on any atom is -0.361 e. The summed E-state index contributed by atoms with van der Waals surface area (Å²) in [4.78, 5) is 12.2. The molecule has 0 aliphatic heterocycles. The summed E-state index contributed by atoms with van der Waals surface area (Å²) in [6, 6.07) is 0. The normalized spacial score (nSPS) is 11.8. The Bertz CT molecular complexity index is 369. The molecule has 0 aromatic carbocycles. The zero-order valence-electron chi connectivity index (χ0n) is 11.6. The third kappa shape index (κ3) is 2.96. The maximum absolute atomic E-state index is 12.2. The van der Waals surface area contributed by atoms with Crippen LogP contribution in [0.2, 0.25) is 0 Å². The van der Waals surface area contributed by atoms with Gasteiger partial charge in [0, 0.05) is 17.4 Å². The highest BCUT2D eigenvalue weighted by Gasteiger charge is 2.28. The van der Waals surface area contributed by atoms with Gasteiger partial charge in [-0.05, 0) is 33.1 Å². The van der Waals surface area contributed by atoms with Crippen LogP contribution in [-0.2, 0) is 11.2 Å². The summed E-state index contributed by atoms with van der Waals surface area (Å²) in [6.07, 6.45) is 3.14. The first-order valence-corrected chi connectivity index (χ1v) is 6.39. The predicted molar refractivity (Wildman–Crippen MR) is 68.0 cm³/mol. The molecule has 1 aromatic rings. The summed E-state index contributed by atoms with van der Waals surface area (Å²) in [5.41, 5.74) is 1.83. The van der Waals surface area contributed by atoms with Gasteiger partial charge in [-0.1, -0.05) is 25.9 Å². The maximum atomic E-state index is 12.2. The molecule has 0 fully saturated rings. The lowest BCUT2D eigenvalue weighted by Gasteiger charge is -2.24. The molecule has 0 spiro atoms. The van der Waals surface area contributed by atoms with Crippen molar-refractivity contribution in [2.24, 2.45) is 5.41 Å². The van der Waals surface area contributed by atoms with Crippen LogP contribution in [0.25, 0.3) is 0 Å². The minimum absolute atomic E-state index is 0.168. The predicted octanol–water partition coefficient (Wildman–Crippen LogP) is 3.62. The number of aryl methyl sites for hydroxylation is 2. The van der Waals surface area contributed by atoms with Crippen LogP contribution in [0.15, 0.2) is 4.52 Å². The highest BCUT2D eigenvalue weighted by Crippen LogP contribution is 2.29. The van der Waals surface area contributed by atoms with Crippen LogP contribution < -0.4 is 0 Å². The topological polar surface area (TPSA) is 43.1 Å². The molecule has 3 heteroatoms. The van der Waals surface area contributed by atoms with E-state index in [-0.39, 0.29) is 5.41 Å². The van der Waals surface area contributed by atoms with Gasteiger partial charge in [0.25, 0.3) is 0 Å². The second-order valence-electron chi connectivity index (χ2n) is 4.99. The molecule has 96 valence electrons. The zero-order valence-corrected chi connectivity index (χ0v) is 11.6. The quantitative estimate of drug-likeness (QED) is 0.759. The summed E-state index contributed by atoms with van der Waals surface area (Å²) < 4.78 is 5.10. The average Bonchev–Trinajstić information content (AvgIpc) is 2.65. The van der Waals surface area contributed by atoms with Crippen molar-refractivity contribution in [3.63, 3.8) is 0 Å². The van der Waals surface area contributed by atoms with E-state index in [4.69, 9.17) is 4.52 Å². The number of carbonyl (C=O) groups is 1. The van der Waals surface area contributed by atoms with Crippen LogP contribution in [0.4, 0.5) is 0 Å². The summed E-state index contributed by atoms with van der Waals surface area (Å²) in [5, 5.41) is 3.91. The minimum atomic E-state index is -0.168. The van der Waals surface area contributed by atoms with Crippen molar-refractivity contribution in [2.75, 3.05) is 0 Å². The second kappa shape index (κ2) is 5.48. The van der Waals surface area contributed by atoms with E-state index >= 15 is 0 Å². The number of hydrogen-bond donors (Lipinski definition) is 0. The lowest BCUT2D eigenvalue weighted by molar-refractivity contribution is -0.128. The van der Waals surface area contributed by atoms with Gasteiger partial charge in [-0.25, -0.2) is 0 Å². The average molecular weight is 237 g/mol. The zero-order chi connectivity index (χ0) is 13.1. The van der Waals surface area contributed by atoms with Gasteiger partial charge in [0.1, 0.15) is 11.5 Å². The van der Waals surface area contributed by atoms with E-state index in [1.165, 1.54) is 0 Å². The molecule has 1 aromatic heterocycles. The molecule has 1 rings (SSSR count). The van der Waals surface area contributed by atoms with Crippen LogP contribution in [-0.4, -0.2) is 10.9 Å². The van der Waals surface area contributed by atoms with Crippen molar-refractivity contribution in [3.8, 4) is 0 Å². The first-order valence-electron chi connectivity index (χ1n) is 6.39. The summed E-state index contributed by atoms with van der Waals surface area (Å²) in [7, 11) is 0. The van der Waals surface area contributed by atoms with Crippen molar-refractivity contribution in [1.29, 1.82) is 0 Å². The molecule has 3 nitrogen and oxygen atoms in total. The smallest absolute Gasteiger partial charge is 0.139 e. The second-order valence-corrected chi connectivity index (χ2v) is 4.99. The molecule has 17 heavy (non-hydrogen) atoms. The number of aromatic nitrogens is 1. The van der Waals surface area contributed by atoms with Crippen LogP contribution in [0.1, 0.15) is 57.1 Å². The van der Waals surface area contributed by atoms with E-state index in [1.54, 1.807) is 0 Å². The first kappa shape index (κ1) is 13.9. The number of rotatable bonds is 6. The van der Waals surface area contributed by atoms with E-state index in [9.17, 15) is 4.79 Å². The Labute approximate surface area is 104 Å².